The molecule has 0 bridgehead atoms. The van der Waals surface area contributed by atoms with Crippen LogP contribution < -0.4 is 15.4 Å². The normalized spacial score (nSPS) is 16.9. The predicted octanol–water partition coefficient (Wildman–Crippen LogP) is 3.96. The second kappa shape index (κ2) is 10.2. The Kier molecular flexibility index (Phi) is 7.09. The highest BCUT2D eigenvalue weighted by molar-refractivity contribution is 6.32. The van der Waals surface area contributed by atoms with Crippen molar-refractivity contribution in [2.45, 2.75) is 25.7 Å². The number of nitrogens with one attached hydrogen (secondary N) is 2. The largest absolute Gasteiger partial charge is 0.495 e. The minimum atomic E-state index is -0.0331. The lowest BCUT2D eigenvalue weighted by atomic mass is 10.1. The molecule has 1 amide bonds. The van der Waals surface area contributed by atoms with Crippen molar-refractivity contribution in [3.8, 4) is 5.75 Å². The van der Waals surface area contributed by atoms with Crippen LogP contribution >= 0.6 is 11.6 Å². The van der Waals surface area contributed by atoms with Gasteiger partial charge in [-0.2, -0.15) is 4.98 Å². The maximum Gasteiger partial charge on any atom is 0.254 e. The predicted molar refractivity (Wildman–Crippen MR) is 120 cm³/mol. The highest BCUT2D eigenvalue weighted by Crippen LogP contribution is 2.30. The summed E-state index contributed by atoms with van der Waals surface area (Å²) in [7, 11) is 1.57. The van der Waals surface area contributed by atoms with Crippen molar-refractivity contribution in [1.29, 1.82) is 0 Å². The molecule has 0 unspecified atom stereocenters. The molecule has 1 saturated heterocycles. The number of ether oxygens (including phenoxy) is 2. The summed E-state index contributed by atoms with van der Waals surface area (Å²) in [5.74, 6) is 2.19. The van der Waals surface area contributed by atoms with Gasteiger partial charge in [0.15, 0.2) is 5.82 Å². The first kappa shape index (κ1) is 21.6. The molecule has 9 heteroatoms. The van der Waals surface area contributed by atoms with Crippen LogP contribution in [-0.4, -0.2) is 60.7 Å². The van der Waals surface area contributed by atoms with Gasteiger partial charge >= 0.3 is 0 Å². The van der Waals surface area contributed by atoms with Crippen molar-refractivity contribution in [1.82, 2.24) is 14.9 Å². The average molecular weight is 446 g/mol. The van der Waals surface area contributed by atoms with Gasteiger partial charge in [0.05, 0.1) is 32.2 Å². The summed E-state index contributed by atoms with van der Waals surface area (Å²) in [6.45, 7) is 3.17. The number of methoxy groups -OCH3 is 1. The molecule has 2 aliphatic rings. The smallest absolute Gasteiger partial charge is 0.254 e. The average Bonchev–Trinajstić information content (AvgIpc) is 3.33. The fourth-order valence-corrected chi connectivity index (χ4v) is 4.16. The molecule has 1 aliphatic carbocycles. The molecule has 2 aromatic rings. The van der Waals surface area contributed by atoms with E-state index < -0.39 is 0 Å². The molecule has 2 N–H and O–H groups in total. The number of hydrogen-bond acceptors (Lipinski definition) is 7. The summed E-state index contributed by atoms with van der Waals surface area (Å²) in [5, 5.41) is 7.02. The SMILES string of the molecule is COc1cc(C(=O)N2CCOCC2)ccc1Nc1ncc(Cl)c(NCC2CCCC2)n1. The molecule has 2 heterocycles. The first-order valence-electron chi connectivity index (χ1n) is 10.7. The monoisotopic (exact) mass is 445 g/mol. The van der Waals surface area contributed by atoms with E-state index >= 15 is 0 Å². The lowest BCUT2D eigenvalue weighted by molar-refractivity contribution is 0.0302. The Morgan fingerprint density at radius 3 is 2.81 bits per heavy atom. The molecule has 8 nitrogen and oxygen atoms in total. The highest BCUT2D eigenvalue weighted by Gasteiger charge is 2.20. The van der Waals surface area contributed by atoms with E-state index in [1.807, 2.05) is 0 Å². The zero-order valence-corrected chi connectivity index (χ0v) is 18.5. The molecule has 0 spiro atoms. The van der Waals surface area contributed by atoms with Crippen LogP contribution in [-0.2, 0) is 4.74 Å². The van der Waals surface area contributed by atoms with Crippen LogP contribution in [0.5, 0.6) is 5.75 Å². The fourth-order valence-electron chi connectivity index (χ4n) is 4.00. The Hall–Kier alpha value is -2.58. The first-order chi connectivity index (χ1) is 15.1. The molecule has 166 valence electrons. The third-order valence-corrected chi connectivity index (χ3v) is 6.05. The summed E-state index contributed by atoms with van der Waals surface area (Å²) >= 11 is 6.28. The van der Waals surface area contributed by atoms with Gasteiger partial charge in [-0.25, -0.2) is 4.98 Å². The van der Waals surface area contributed by atoms with Gasteiger partial charge in [0.1, 0.15) is 10.8 Å². The van der Waals surface area contributed by atoms with Crippen molar-refractivity contribution < 1.29 is 14.3 Å². The van der Waals surface area contributed by atoms with E-state index in [9.17, 15) is 4.79 Å². The zero-order valence-electron chi connectivity index (χ0n) is 17.7. The van der Waals surface area contributed by atoms with Crippen LogP contribution in [0.25, 0.3) is 0 Å². The van der Waals surface area contributed by atoms with E-state index in [2.05, 4.69) is 20.6 Å². The van der Waals surface area contributed by atoms with Gasteiger partial charge in [0, 0.05) is 25.2 Å². The van der Waals surface area contributed by atoms with E-state index in [-0.39, 0.29) is 5.91 Å². The number of carbonyl (C=O) groups excluding carboxylic acids is 1. The summed E-state index contributed by atoms with van der Waals surface area (Å²) in [4.78, 5) is 23.3. The van der Waals surface area contributed by atoms with Gasteiger partial charge in [-0.1, -0.05) is 24.4 Å². The number of benzene rings is 1. The molecular formula is C22H28ClN5O3. The molecule has 0 radical (unpaired) electrons. The lowest BCUT2D eigenvalue weighted by Crippen LogP contribution is -2.40. The van der Waals surface area contributed by atoms with Gasteiger partial charge in [-0.15, -0.1) is 0 Å². The fraction of sp³-hybridized carbons (Fsp3) is 0.500. The Labute approximate surface area is 187 Å². The second-order valence-electron chi connectivity index (χ2n) is 7.87. The Morgan fingerprint density at radius 2 is 2.06 bits per heavy atom. The number of morpholine rings is 1. The zero-order chi connectivity index (χ0) is 21.6. The topological polar surface area (TPSA) is 88.6 Å². The van der Waals surface area contributed by atoms with Crippen molar-refractivity contribution in [2.75, 3.05) is 50.6 Å². The van der Waals surface area contributed by atoms with Crippen LogP contribution in [0.1, 0.15) is 36.0 Å². The number of hydrogen-bond donors (Lipinski definition) is 2. The third-order valence-electron chi connectivity index (χ3n) is 5.77. The quantitative estimate of drug-likeness (QED) is 0.666. The van der Waals surface area contributed by atoms with E-state index in [0.29, 0.717) is 66.0 Å². The Balaban J connectivity index is 1.46. The number of carbonyl (C=O) groups is 1. The van der Waals surface area contributed by atoms with Crippen LogP contribution in [0.2, 0.25) is 5.02 Å². The van der Waals surface area contributed by atoms with Gasteiger partial charge in [0.2, 0.25) is 5.95 Å². The van der Waals surface area contributed by atoms with Gasteiger partial charge in [0.25, 0.3) is 5.91 Å². The van der Waals surface area contributed by atoms with Gasteiger partial charge < -0.3 is 25.0 Å². The highest BCUT2D eigenvalue weighted by atomic mass is 35.5. The van der Waals surface area contributed by atoms with Gasteiger partial charge in [-0.05, 0) is 37.0 Å². The van der Waals surface area contributed by atoms with Crippen molar-refractivity contribution in [3.63, 3.8) is 0 Å². The molecular weight excluding hydrogens is 418 g/mol. The lowest BCUT2D eigenvalue weighted by Gasteiger charge is -2.27. The van der Waals surface area contributed by atoms with Crippen molar-refractivity contribution >= 4 is 35.0 Å². The molecule has 4 rings (SSSR count). The van der Waals surface area contributed by atoms with E-state index in [0.717, 1.165) is 6.54 Å². The minimum Gasteiger partial charge on any atom is -0.495 e. The molecule has 0 atom stereocenters. The standard InChI is InChI=1S/C22H28ClN5O3/c1-30-19-12-16(21(29)28-8-10-31-11-9-28)6-7-18(19)26-22-25-14-17(23)20(27-22)24-13-15-4-2-3-5-15/h6-7,12,14-15H,2-5,8-11,13H2,1H3,(H2,24,25,26,27). The first-order valence-corrected chi connectivity index (χ1v) is 11.1. The summed E-state index contributed by atoms with van der Waals surface area (Å²) in [5.41, 5.74) is 1.24. The molecule has 1 saturated carbocycles. The minimum absolute atomic E-state index is 0.0331. The third kappa shape index (κ3) is 5.37. The van der Waals surface area contributed by atoms with Crippen LogP contribution in [0.15, 0.2) is 24.4 Å². The molecule has 1 aromatic heterocycles. The van der Waals surface area contributed by atoms with Crippen molar-refractivity contribution in [3.05, 3.63) is 35.0 Å². The van der Waals surface area contributed by atoms with Crippen LogP contribution in [0, 0.1) is 5.92 Å². The number of amides is 1. The number of anilines is 3. The summed E-state index contributed by atoms with van der Waals surface area (Å²) in [6, 6.07) is 5.31. The van der Waals surface area contributed by atoms with Gasteiger partial charge in [-0.3, -0.25) is 4.79 Å². The van der Waals surface area contributed by atoms with Crippen LogP contribution in [0.4, 0.5) is 17.5 Å². The van der Waals surface area contributed by atoms with E-state index in [1.54, 1.807) is 36.4 Å². The number of aromatic nitrogens is 2. The molecule has 31 heavy (non-hydrogen) atoms. The summed E-state index contributed by atoms with van der Waals surface area (Å²) in [6.07, 6.45) is 6.65. The Bertz CT molecular complexity index is 914. The van der Waals surface area contributed by atoms with E-state index in [1.165, 1.54) is 25.7 Å². The number of nitrogens with zero attached hydrogens (tertiary/aromatic N) is 3. The molecule has 1 aliphatic heterocycles. The summed E-state index contributed by atoms with van der Waals surface area (Å²) < 4.78 is 10.8. The second-order valence-corrected chi connectivity index (χ2v) is 8.27. The Morgan fingerprint density at radius 1 is 1.29 bits per heavy atom. The maximum absolute atomic E-state index is 12.7. The number of rotatable bonds is 7. The maximum atomic E-state index is 12.7. The van der Waals surface area contributed by atoms with E-state index in [4.69, 9.17) is 21.1 Å². The number of halogens is 1. The van der Waals surface area contributed by atoms with Crippen molar-refractivity contribution in [2.24, 2.45) is 5.92 Å². The molecule has 1 aromatic carbocycles. The molecule has 2 fully saturated rings. The van der Waals surface area contributed by atoms with Crippen LogP contribution in [0.3, 0.4) is 0 Å².